The van der Waals surface area contributed by atoms with Crippen LogP contribution >= 0.6 is 23.2 Å². The predicted molar refractivity (Wildman–Crippen MR) is 101 cm³/mol. The fourth-order valence-electron chi connectivity index (χ4n) is 5.20. The molecule has 5 nitrogen and oxygen atoms in total. The molecule has 2 fully saturated rings. The molecule has 27 heavy (non-hydrogen) atoms. The predicted octanol–water partition coefficient (Wildman–Crippen LogP) is 4.57. The highest BCUT2D eigenvalue weighted by Crippen LogP contribution is 2.67. The number of rotatable bonds is 1. The molecule has 2 unspecified atom stereocenters. The van der Waals surface area contributed by atoms with Gasteiger partial charge in [0.15, 0.2) is 11.2 Å². The molecule has 0 amide bonds. The number of phenols is 1. The summed E-state index contributed by atoms with van der Waals surface area (Å²) < 4.78 is 11.7. The van der Waals surface area contributed by atoms with Gasteiger partial charge in [-0.3, -0.25) is 4.79 Å². The molecule has 7 heteroatoms. The molecule has 1 aromatic carbocycles. The van der Waals surface area contributed by atoms with Crippen LogP contribution in [0.3, 0.4) is 0 Å². The number of carbonyl (C=O) groups excluding carboxylic acids is 1. The Kier molecular flexibility index (Phi) is 4.20. The highest BCUT2D eigenvalue weighted by molar-refractivity contribution is 6.38. The first-order valence-corrected chi connectivity index (χ1v) is 10.1. The summed E-state index contributed by atoms with van der Waals surface area (Å²) in [6.45, 7) is 5.33. The maximum atomic E-state index is 13.5. The zero-order valence-corrected chi connectivity index (χ0v) is 17.2. The number of phenolic OH excluding ortho intramolecular Hbond substituents is 1. The van der Waals surface area contributed by atoms with E-state index in [0.29, 0.717) is 6.42 Å². The summed E-state index contributed by atoms with van der Waals surface area (Å²) in [4.78, 5) is 13.5. The molecule has 0 aromatic heterocycles. The Morgan fingerprint density at radius 3 is 2.63 bits per heavy atom. The van der Waals surface area contributed by atoms with E-state index in [-0.39, 0.29) is 38.9 Å². The largest absolute Gasteiger partial charge is 0.505 e. The molecule has 1 heterocycles. The van der Waals surface area contributed by atoms with Crippen LogP contribution in [0.15, 0.2) is 6.07 Å². The number of fused-ring (bicyclic) bond motifs is 5. The van der Waals surface area contributed by atoms with Crippen LogP contribution in [0.1, 0.15) is 58.4 Å². The second-order valence-corrected chi connectivity index (χ2v) is 9.74. The third-order valence-corrected chi connectivity index (χ3v) is 6.85. The topological polar surface area (TPSA) is 76.0 Å². The van der Waals surface area contributed by atoms with Gasteiger partial charge in [-0.05, 0) is 46.0 Å². The molecule has 1 aromatic rings. The molecule has 4 rings (SSSR count). The summed E-state index contributed by atoms with van der Waals surface area (Å²) in [6.07, 6.45) is 4.06. The number of ether oxygens (including phenoxy) is 2. The van der Waals surface area contributed by atoms with Crippen LogP contribution < -0.4 is 4.74 Å². The number of aromatic hydroxyl groups is 1. The van der Waals surface area contributed by atoms with Crippen molar-refractivity contribution in [2.75, 3.05) is 0 Å². The normalized spacial score (nSPS) is 34.4. The molecule has 0 bridgehead atoms. The maximum Gasteiger partial charge on any atom is 0.324 e. The van der Waals surface area contributed by atoms with Gasteiger partial charge in [-0.1, -0.05) is 36.0 Å². The zero-order chi connectivity index (χ0) is 19.8. The number of carbonyl (C=O) groups is 1. The second kappa shape index (κ2) is 5.91. The van der Waals surface area contributed by atoms with E-state index in [1.807, 2.05) is 0 Å². The molecule has 0 radical (unpaired) electrons. The summed E-state index contributed by atoms with van der Waals surface area (Å²) in [5.41, 5.74) is -1.93. The quantitative estimate of drug-likeness (QED) is 0.658. The van der Waals surface area contributed by atoms with Crippen molar-refractivity contribution in [2.45, 2.75) is 69.7 Å². The van der Waals surface area contributed by atoms with Crippen LogP contribution in [-0.4, -0.2) is 27.6 Å². The summed E-state index contributed by atoms with van der Waals surface area (Å²) >= 11 is 12.5. The minimum atomic E-state index is -1.76. The Morgan fingerprint density at radius 2 is 1.96 bits per heavy atom. The lowest BCUT2D eigenvalue weighted by atomic mass is 9.74. The molecular weight excluding hydrogens is 391 g/mol. The first-order chi connectivity index (χ1) is 12.5. The van der Waals surface area contributed by atoms with Crippen LogP contribution in [0.4, 0.5) is 0 Å². The Morgan fingerprint density at radius 1 is 1.30 bits per heavy atom. The van der Waals surface area contributed by atoms with Gasteiger partial charge < -0.3 is 19.7 Å². The molecule has 2 saturated carbocycles. The van der Waals surface area contributed by atoms with Gasteiger partial charge in [0, 0.05) is 17.5 Å². The van der Waals surface area contributed by atoms with Crippen molar-refractivity contribution in [2.24, 2.45) is 11.8 Å². The lowest BCUT2D eigenvalue weighted by molar-refractivity contribution is -0.213. The Balaban J connectivity index is 1.95. The summed E-state index contributed by atoms with van der Waals surface area (Å²) in [5.74, 6) is -2.50. The van der Waals surface area contributed by atoms with E-state index in [4.69, 9.17) is 32.7 Å². The smallest absolute Gasteiger partial charge is 0.324 e. The van der Waals surface area contributed by atoms with Gasteiger partial charge in [0.05, 0.1) is 10.0 Å². The van der Waals surface area contributed by atoms with Gasteiger partial charge >= 0.3 is 5.97 Å². The second-order valence-electron chi connectivity index (χ2n) is 8.95. The Labute approximate surface area is 168 Å². The summed E-state index contributed by atoms with van der Waals surface area (Å²) in [5, 5.41) is 22.0. The van der Waals surface area contributed by atoms with Gasteiger partial charge in [-0.2, -0.15) is 0 Å². The average Bonchev–Trinajstić information content (AvgIpc) is 2.96. The molecule has 148 valence electrons. The van der Waals surface area contributed by atoms with Crippen LogP contribution in [0.5, 0.6) is 11.5 Å². The van der Waals surface area contributed by atoms with Crippen molar-refractivity contribution in [3.8, 4) is 11.5 Å². The fourth-order valence-corrected chi connectivity index (χ4v) is 5.79. The third-order valence-electron chi connectivity index (χ3n) is 6.19. The molecular formula is C20H24Cl2O5. The third kappa shape index (κ3) is 2.51. The van der Waals surface area contributed by atoms with Gasteiger partial charge in [0.2, 0.25) is 5.79 Å². The first kappa shape index (κ1) is 19.2. The highest BCUT2D eigenvalue weighted by atomic mass is 35.5. The van der Waals surface area contributed by atoms with Crippen molar-refractivity contribution in [3.63, 3.8) is 0 Å². The van der Waals surface area contributed by atoms with Crippen LogP contribution in [0, 0.1) is 11.8 Å². The van der Waals surface area contributed by atoms with E-state index in [1.165, 1.54) is 6.07 Å². The van der Waals surface area contributed by atoms with Crippen molar-refractivity contribution in [3.05, 3.63) is 21.7 Å². The van der Waals surface area contributed by atoms with Crippen LogP contribution in [0.25, 0.3) is 0 Å². The first-order valence-electron chi connectivity index (χ1n) is 9.37. The lowest BCUT2D eigenvalue weighted by Crippen LogP contribution is -2.57. The Bertz CT molecular complexity index is 818. The van der Waals surface area contributed by atoms with E-state index in [2.05, 4.69) is 0 Å². The Hall–Kier alpha value is -1.17. The molecule has 2 aliphatic carbocycles. The van der Waals surface area contributed by atoms with Crippen molar-refractivity contribution >= 4 is 29.2 Å². The lowest BCUT2D eigenvalue weighted by Gasteiger charge is -2.38. The minimum Gasteiger partial charge on any atom is -0.505 e. The number of hydrogen-bond acceptors (Lipinski definition) is 5. The minimum absolute atomic E-state index is 0.0156. The molecule has 1 aliphatic heterocycles. The summed E-state index contributed by atoms with van der Waals surface area (Å²) in [7, 11) is 0. The van der Waals surface area contributed by atoms with Gasteiger partial charge in [0.25, 0.3) is 0 Å². The number of esters is 1. The molecule has 4 atom stereocenters. The maximum absolute atomic E-state index is 13.5. The van der Waals surface area contributed by atoms with Crippen LogP contribution in [0.2, 0.25) is 10.0 Å². The SMILES string of the molecule is CC(C)(C)OC(=O)C12C[C@@H]3CCCC[C@@H]3C1(O)Oc1cc(Cl)c(O)c(Cl)c12. The zero-order valence-electron chi connectivity index (χ0n) is 15.6. The van der Waals surface area contributed by atoms with Gasteiger partial charge in [0.1, 0.15) is 11.4 Å². The van der Waals surface area contributed by atoms with E-state index < -0.39 is 22.8 Å². The van der Waals surface area contributed by atoms with Crippen molar-refractivity contribution < 1.29 is 24.5 Å². The van der Waals surface area contributed by atoms with Crippen LogP contribution in [-0.2, 0) is 14.9 Å². The fraction of sp³-hybridized carbons (Fsp3) is 0.650. The number of benzene rings is 1. The van der Waals surface area contributed by atoms with E-state index in [9.17, 15) is 15.0 Å². The molecule has 0 spiro atoms. The molecule has 3 aliphatic rings. The molecule has 2 N–H and O–H groups in total. The van der Waals surface area contributed by atoms with Crippen molar-refractivity contribution in [1.82, 2.24) is 0 Å². The number of hydrogen-bond donors (Lipinski definition) is 2. The number of halogens is 2. The average molecular weight is 415 g/mol. The van der Waals surface area contributed by atoms with Gasteiger partial charge in [-0.25, -0.2) is 0 Å². The van der Waals surface area contributed by atoms with E-state index in [0.717, 1.165) is 25.7 Å². The number of aliphatic hydroxyl groups is 1. The monoisotopic (exact) mass is 414 g/mol. The van der Waals surface area contributed by atoms with E-state index >= 15 is 0 Å². The summed E-state index contributed by atoms with van der Waals surface area (Å²) in [6, 6.07) is 1.42. The van der Waals surface area contributed by atoms with Crippen molar-refractivity contribution in [1.29, 1.82) is 0 Å². The highest BCUT2D eigenvalue weighted by Gasteiger charge is 2.75. The van der Waals surface area contributed by atoms with E-state index in [1.54, 1.807) is 20.8 Å². The standard InChI is InChI=1S/C20H24Cl2O5/c1-18(2,3)27-17(24)19-9-10-6-4-5-7-11(10)20(19,25)26-13-8-12(21)16(23)15(22)14(13)19/h8,10-11,23,25H,4-7,9H2,1-3H3/t10-,11-,19?,20?/m0/s1. The molecule has 0 saturated heterocycles. The van der Waals surface area contributed by atoms with Gasteiger partial charge in [-0.15, -0.1) is 0 Å².